The largest absolute Gasteiger partial charge is 0.493 e. The minimum absolute atomic E-state index is 0.313. The SMILES string of the molecule is COc1cc(CNCC2CCCO2)c(Cl)cc1OCc1ccc(C)cc1. The van der Waals surface area contributed by atoms with Crippen molar-refractivity contribution in [2.24, 2.45) is 0 Å². The summed E-state index contributed by atoms with van der Waals surface area (Å²) in [4.78, 5) is 0. The molecule has 0 saturated carbocycles. The lowest BCUT2D eigenvalue weighted by molar-refractivity contribution is 0.110. The van der Waals surface area contributed by atoms with E-state index in [2.05, 4.69) is 36.5 Å². The summed E-state index contributed by atoms with van der Waals surface area (Å²) in [5.41, 5.74) is 3.33. The third-order valence-corrected chi connectivity index (χ3v) is 4.91. The lowest BCUT2D eigenvalue weighted by Gasteiger charge is -2.15. The molecule has 1 N–H and O–H groups in total. The van der Waals surface area contributed by atoms with E-state index in [4.69, 9.17) is 25.8 Å². The van der Waals surface area contributed by atoms with E-state index in [1.54, 1.807) is 7.11 Å². The fourth-order valence-electron chi connectivity index (χ4n) is 3.00. The smallest absolute Gasteiger partial charge is 0.163 e. The quantitative estimate of drug-likeness (QED) is 0.737. The summed E-state index contributed by atoms with van der Waals surface area (Å²) in [6.45, 7) is 4.92. The van der Waals surface area contributed by atoms with Crippen LogP contribution in [0.25, 0.3) is 0 Å². The summed E-state index contributed by atoms with van der Waals surface area (Å²) in [6.07, 6.45) is 2.58. The topological polar surface area (TPSA) is 39.7 Å². The van der Waals surface area contributed by atoms with E-state index in [1.807, 2.05) is 12.1 Å². The van der Waals surface area contributed by atoms with E-state index in [-0.39, 0.29) is 0 Å². The van der Waals surface area contributed by atoms with Gasteiger partial charge in [0.15, 0.2) is 11.5 Å². The first-order valence-corrected chi connectivity index (χ1v) is 9.40. The highest BCUT2D eigenvalue weighted by Gasteiger charge is 2.16. The molecule has 0 amide bonds. The van der Waals surface area contributed by atoms with Crippen LogP contribution < -0.4 is 14.8 Å². The number of hydrogen-bond acceptors (Lipinski definition) is 4. The zero-order valence-corrected chi connectivity index (χ0v) is 16.1. The van der Waals surface area contributed by atoms with Crippen LogP contribution in [0.5, 0.6) is 11.5 Å². The van der Waals surface area contributed by atoms with Crippen molar-refractivity contribution >= 4 is 11.6 Å². The number of halogens is 1. The summed E-state index contributed by atoms with van der Waals surface area (Å²) in [5.74, 6) is 1.34. The van der Waals surface area contributed by atoms with E-state index in [0.29, 0.717) is 35.8 Å². The van der Waals surface area contributed by atoms with Crippen LogP contribution in [-0.2, 0) is 17.9 Å². The van der Waals surface area contributed by atoms with Gasteiger partial charge in [0.25, 0.3) is 0 Å². The van der Waals surface area contributed by atoms with Crippen LogP contribution in [0, 0.1) is 6.92 Å². The van der Waals surface area contributed by atoms with E-state index in [9.17, 15) is 0 Å². The second-order valence-corrected chi connectivity index (χ2v) is 7.04. The molecule has 0 radical (unpaired) electrons. The first kappa shape index (κ1) is 19.0. The van der Waals surface area contributed by atoms with Crippen LogP contribution in [0.1, 0.15) is 29.5 Å². The van der Waals surface area contributed by atoms with Gasteiger partial charge in [-0.25, -0.2) is 0 Å². The number of aryl methyl sites for hydroxylation is 1. The molecule has 1 fully saturated rings. The van der Waals surface area contributed by atoms with Gasteiger partial charge in [-0.15, -0.1) is 0 Å². The van der Waals surface area contributed by atoms with Crippen molar-refractivity contribution in [1.82, 2.24) is 5.32 Å². The van der Waals surface area contributed by atoms with Crippen molar-refractivity contribution in [3.63, 3.8) is 0 Å². The molecule has 140 valence electrons. The normalized spacial score (nSPS) is 16.7. The molecule has 2 aromatic carbocycles. The standard InChI is InChI=1S/C21H26ClNO3/c1-15-5-7-16(8-6-15)14-26-21-11-19(22)17(10-20(21)24-2)12-23-13-18-4-3-9-25-18/h5-8,10-11,18,23H,3-4,9,12-14H2,1-2H3. The average molecular weight is 376 g/mol. The Labute approximate surface area is 160 Å². The molecule has 1 unspecified atom stereocenters. The predicted octanol–water partition coefficient (Wildman–Crippen LogP) is 4.50. The van der Waals surface area contributed by atoms with Crippen molar-refractivity contribution in [1.29, 1.82) is 0 Å². The highest BCUT2D eigenvalue weighted by atomic mass is 35.5. The minimum atomic E-state index is 0.313. The number of benzene rings is 2. The number of nitrogens with one attached hydrogen (secondary N) is 1. The average Bonchev–Trinajstić information content (AvgIpc) is 3.16. The molecule has 5 heteroatoms. The molecule has 4 nitrogen and oxygen atoms in total. The Bertz CT molecular complexity index is 712. The van der Waals surface area contributed by atoms with Gasteiger partial charge in [-0.2, -0.15) is 0 Å². The van der Waals surface area contributed by atoms with Gasteiger partial charge in [-0.05, 0) is 37.0 Å². The van der Waals surface area contributed by atoms with E-state index >= 15 is 0 Å². The summed E-state index contributed by atoms with van der Waals surface area (Å²) in [6, 6.07) is 12.0. The van der Waals surface area contributed by atoms with Crippen LogP contribution in [0.15, 0.2) is 36.4 Å². The van der Waals surface area contributed by atoms with Gasteiger partial charge in [0.2, 0.25) is 0 Å². The first-order chi connectivity index (χ1) is 12.7. The number of hydrogen-bond donors (Lipinski definition) is 1. The summed E-state index contributed by atoms with van der Waals surface area (Å²) >= 11 is 6.45. The first-order valence-electron chi connectivity index (χ1n) is 9.03. The number of methoxy groups -OCH3 is 1. The fourth-order valence-corrected chi connectivity index (χ4v) is 3.22. The number of rotatable bonds is 8. The second kappa shape index (κ2) is 9.26. The minimum Gasteiger partial charge on any atom is -0.493 e. The van der Waals surface area contributed by atoms with Crippen molar-refractivity contribution in [3.05, 3.63) is 58.1 Å². The molecule has 1 heterocycles. The van der Waals surface area contributed by atoms with Crippen LogP contribution in [0.4, 0.5) is 0 Å². The molecule has 0 spiro atoms. The van der Waals surface area contributed by atoms with Gasteiger partial charge < -0.3 is 19.5 Å². The third kappa shape index (κ3) is 5.13. The maximum absolute atomic E-state index is 6.45. The molecular formula is C21H26ClNO3. The predicted molar refractivity (Wildman–Crippen MR) is 104 cm³/mol. The van der Waals surface area contributed by atoms with Crippen molar-refractivity contribution in [2.45, 2.75) is 39.0 Å². The summed E-state index contributed by atoms with van der Waals surface area (Å²) in [7, 11) is 1.64. The van der Waals surface area contributed by atoms with E-state index < -0.39 is 0 Å². The Morgan fingerprint density at radius 1 is 1.19 bits per heavy atom. The van der Waals surface area contributed by atoms with Gasteiger partial charge in [0, 0.05) is 30.8 Å². The molecule has 1 aliphatic rings. The Morgan fingerprint density at radius 3 is 2.69 bits per heavy atom. The van der Waals surface area contributed by atoms with Gasteiger partial charge in [-0.3, -0.25) is 0 Å². The Hall–Kier alpha value is -1.75. The fraction of sp³-hybridized carbons (Fsp3) is 0.429. The van der Waals surface area contributed by atoms with Crippen molar-refractivity contribution in [3.8, 4) is 11.5 Å². The van der Waals surface area contributed by atoms with Crippen molar-refractivity contribution < 1.29 is 14.2 Å². The Morgan fingerprint density at radius 2 is 2.00 bits per heavy atom. The molecule has 26 heavy (non-hydrogen) atoms. The molecule has 1 atom stereocenters. The van der Waals surface area contributed by atoms with E-state index in [1.165, 1.54) is 5.56 Å². The van der Waals surface area contributed by atoms with Crippen LogP contribution in [0.2, 0.25) is 5.02 Å². The molecule has 3 rings (SSSR count). The monoisotopic (exact) mass is 375 g/mol. The molecule has 0 bridgehead atoms. The van der Waals surface area contributed by atoms with Gasteiger partial charge in [0.1, 0.15) is 6.61 Å². The zero-order chi connectivity index (χ0) is 18.4. The molecular weight excluding hydrogens is 350 g/mol. The van der Waals surface area contributed by atoms with Crippen LogP contribution in [-0.4, -0.2) is 26.4 Å². The van der Waals surface area contributed by atoms with Crippen molar-refractivity contribution in [2.75, 3.05) is 20.3 Å². The summed E-state index contributed by atoms with van der Waals surface area (Å²) in [5, 5.41) is 4.08. The van der Waals surface area contributed by atoms with Crippen LogP contribution in [0.3, 0.4) is 0 Å². The molecule has 0 aliphatic carbocycles. The second-order valence-electron chi connectivity index (χ2n) is 6.63. The van der Waals surface area contributed by atoms with Gasteiger partial charge in [-0.1, -0.05) is 41.4 Å². The Kier molecular flexibility index (Phi) is 6.78. The Balaban J connectivity index is 1.61. The number of ether oxygens (including phenoxy) is 3. The molecule has 1 saturated heterocycles. The molecule has 1 aliphatic heterocycles. The lowest BCUT2D eigenvalue weighted by atomic mass is 10.1. The lowest BCUT2D eigenvalue weighted by Crippen LogP contribution is -2.25. The maximum atomic E-state index is 6.45. The maximum Gasteiger partial charge on any atom is 0.163 e. The highest BCUT2D eigenvalue weighted by Crippen LogP contribution is 2.34. The zero-order valence-electron chi connectivity index (χ0n) is 15.4. The van der Waals surface area contributed by atoms with Gasteiger partial charge in [0.05, 0.1) is 13.2 Å². The third-order valence-electron chi connectivity index (χ3n) is 4.56. The molecule has 2 aromatic rings. The summed E-state index contributed by atoms with van der Waals surface area (Å²) < 4.78 is 17.0. The van der Waals surface area contributed by atoms with Crippen LogP contribution >= 0.6 is 11.6 Å². The highest BCUT2D eigenvalue weighted by molar-refractivity contribution is 6.31. The molecule has 0 aromatic heterocycles. The van der Waals surface area contributed by atoms with E-state index in [0.717, 1.165) is 37.1 Å². The van der Waals surface area contributed by atoms with Gasteiger partial charge >= 0.3 is 0 Å².